The molecule has 1 heterocycles. The fraction of sp³-hybridized carbons (Fsp3) is 0.500. The molecule has 21 heavy (non-hydrogen) atoms. The molecule has 1 saturated heterocycles. The smallest absolute Gasteiger partial charge is 0.293 e. The topological polar surface area (TPSA) is 80.5 Å². The van der Waals surface area contributed by atoms with Gasteiger partial charge in [0.15, 0.2) is 9.84 Å². The van der Waals surface area contributed by atoms with E-state index in [9.17, 15) is 18.5 Å². The molecule has 0 aliphatic carbocycles. The molecule has 0 saturated carbocycles. The van der Waals surface area contributed by atoms with Gasteiger partial charge in [-0.2, -0.15) is 11.8 Å². The summed E-state index contributed by atoms with van der Waals surface area (Å²) in [6.07, 6.45) is 0. The fourth-order valence-electron chi connectivity index (χ4n) is 2.23. The second kappa shape index (κ2) is 6.53. The van der Waals surface area contributed by atoms with Crippen LogP contribution in [0.15, 0.2) is 22.7 Å². The second-order valence-electron chi connectivity index (χ2n) is 4.56. The van der Waals surface area contributed by atoms with Crippen molar-refractivity contribution in [3.63, 3.8) is 0 Å². The van der Waals surface area contributed by atoms with Crippen molar-refractivity contribution in [2.45, 2.75) is 12.3 Å². The van der Waals surface area contributed by atoms with E-state index in [0.29, 0.717) is 22.5 Å². The Morgan fingerprint density at radius 2 is 2.24 bits per heavy atom. The van der Waals surface area contributed by atoms with Crippen LogP contribution in [0.5, 0.6) is 0 Å². The van der Waals surface area contributed by atoms with E-state index in [0.717, 1.165) is 5.75 Å². The third kappa shape index (κ3) is 3.51. The highest BCUT2D eigenvalue weighted by Gasteiger charge is 2.35. The number of nitro groups is 1. The Hall–Kier alpha value is -0.800. The molecule has 1 fully saturated rings. The van der Waals surface area contributed by atoms with Crippen molar-refractivity contribution in [2.75, 3.05) is 28.7 Å². The molecule has 9 heteroatoms. The molecule has 0 spiro atoms. The lowest BCUT2D eigenvalue weighted by molar-refractivity contribution is -0.384. The van der Waals surface area contributed by atoms with E-state index in [1.165, 1.54) is 6.07 Å². The van der Waals surface area contributed by atoms with Crippen molar-refractivity contribution in [1.29, 1.82) is 0 Å². The molecule has 1 aromatic carbocycles. The van der Waals surface area contributed by atoms with Crippen LogP contribution >= 0.6 is 27.7 Å². The average Bonchev–Trinajstić information content (AvgIpc) is 2.47. The molecular formula is C12H15BrN2O4S2. The Balaban J connectivity index is 2.50. The summed E-state index contributed by atoms with van der Waals surface area (Å²) in [7, 11) is -3.30. The van der Waals surface area contributed by atoms with Crippen LogP contribution in [0.25, 0.3) is 0 Å². The van der Waals surface area contributed by atoms with E-state index in [2.05, 4.69) is 15.9 Å². The molecule has 0 aromatic heterocycles. The maximum Gasteiger partial charge on any atom is 0.293 e. The highest BCUT2D eigenvalue weighted by molar-refractivity contribution is 9.10. The van der Waals surface area contributed by atoms with Crippen molar-refractivity contribution < 1.29 is 13.3 Å². The zero-order chi connectivity index (χ0) is 15.6. The van der Waals surface area contributed by atoms with E-state index in [1.807, 2.05) is 0 Å². The minimum absolute atomic E-state index is 0.0268. The molecule has 1 aromatic rings. The lowest BCUT2D eigenvalue weighted by atomic mass is 10.2. The molecule has 0 bridgehead atoms. The van der Waals surface area contributed by atoms with Gasteiger partial charge in [-0.05, 0) is 12.1 Å². The Kier molecular flexibility index (Phi) is 5.15. The first kappa shape index (κ1) is 16.6. The Morgan fingerprint density at radius 1 is 1.52 bits per heavy atom. The van der Waals surface area contributed by atoms with Crippen LogP contribution in [0.4, 0.5) is 11.4 Å². The highest BCUT2D eigenvalue weighted by Crippen LogP contribution is 2.35. The number of thioether (sulfide) groups is 1. The number of nitro benzene ring substituents is 1. The van der Waals surface area contributed by atoms with Gasteiger partial charge in [0.25, 0.3) is 5.69 Å². The summed E-state index contributed by atoms with van der Waals surface area (Å²) in [5, 5.41) is 10.5. The van der Waals surface area contributed by atoms with E-state index in [1.54, 1.807) is 35.7 Å². The van der Waals surface area contributed by atoms with Crippen molar-refractivity contribution in [3.8, 4) is 0 Å². The molecule has 1 unspecified atom stereocenters. The highest BCUT2D eigenvalue weighted by atomic mass is 79.9. The predicted molar refractivity (Wildman–Crippen MR) is 88.7 cm³/mol. The van der Waals surface area contributed by atoms with E-state index in [-0.39, 0.29) is 11.4 Å². The molecule has 6 nitrogen and oxygen atoms in total. The largest absolute Gasteiger partial charge is 0.348 e. The number of sulfone groups is 1. The number of rotatable bonds is 4. The number of anilines is 1. The lowest BCUT2D eigenvalue weighted by Gasteiger charge is -2.36. The Labute approximate surface area is 136 Å². The summed E-state index contributed by atoms with van der Waals surface area (Å²) in [5.74, 6) is 1.21. The molecule has 0 amide bonds. The maximum absolute atomic E-state index is 12.3. The third-order valence-corrected chi connectivity index (χ3v) is 7.13. The molecule has 2 rings (SSSR count). The molecule has 0 radical (unpaired) electrons. The van der Waals surface area contributed by atoms with Crippen LogP contribution in [0, 0.1) is 10.1 Å². The summed E-state index contributed by atoms with van der Waals surface area (Å²) in [5.41, 5.74) is 0.290. The number of hydrogen-bond donors (Lipinski definition) is 0. The van der Waals surface area contributed by atoms with Crippen molar-refractivity contribution in [3.05, 3.63) is 32.8 Å². The molecular weight excluding hydrogens is 380 g/mol. The standard InChI is InChI=1S/C12H15BrN2O4S2/c1-2-21(18,19)12-8-20-6-5-14(12)10-4-3-9(13)7-11(10)15(16)17/h3-4,7,12H,2,5-6,8H2,1H3. The molecule has 1 aliphatic heterocycles. The Bertz CT molecular complexity index is 651. The number of nitrogens with zero attached hydrogens (tertiary/aromatic N) is 2. The average molecular weight is 395 g/mol. The monoisotopic (exact) mass is 394 g/mol. The molecule has 1 atom stereocenters. The van der Waals surface area contributed by atoms with Gasteiger partial charge in [0.2, 0.25) is 0 Å². The summed E-state index contributed by atoms with van der Waals surface area (Å²) in [6, 6.07) is 4.71. The van der Waals surface area contributed by atoms with Gasteiger partial charge in [0, 0.05) is 34.3 Å². The van der Waals surface area contributed by atoms with Crippen LogP contribution in [-0.4, -0.2) is 42.5 Å². The summed E-state index contributed by atoms with van der Waals surface area (Å²) < 4.78 is 25.1. The van der Waals surface area contributed by atoms with Crippen LogP contribution in [0.3, 0.4) is 0 Å². The first-order chi connectivity index (χ1) is 9.86. The van der Waals surface area contributed by atoms with Crippen LogP contribution in [-0.2, 0) is 9.84 Å². The molecule has 1 aliphatic rings. The van der Waals surface area contributed by atoms with Gasteiger partial charge >= 0.3 is 0 Å². The van der Waals surface area contributed by atoms with Gasteiger partial charge in [0.1, 0.15) is 11.1 Å². The van der Waals surface area contributed by atoms with Crippen LogP contribution in [0.2, 0.25) is 0 Å². The fourth-order valence-corrected chi connectivity index (χ4v) is 5.56. The zero-order valence-corrected chi connectivity index (χ0v) is 14.6. The van der Waals surface area contributed by atoms with Crippen LogP contribution < -0.4 is 4.90 Å². The van der Waals surface area contributed by atoms with E-state index in [4.69, 9.17) is 0 Å². The number of hydrogen-bond acceptors (Lipinski definition) is 6. The van der Waals surface area contributed by atoms with Crippen LogP contribution in [0.1, 0.15) is 6.92 Å². The first-order valence-corrected chi connectivity index (χ1v) is 10.0. The Morgan fingerprint density at radius 3 is 2.86 bits per heavy atom. The quantitative estimate of drug-likeness (QED) is 0.576. The van der Waals surface area contributed by atoms with Gasteiger partial charge in [-0.1, -0.05) is 22.9 Å². The molecule has 116 valence electrons. The number of halogens is 1. The summed E-state index contributed by atoms with van der Waals surface area (Å²) in [6.45, 7) is 2.08. The predicted octanol–water partition coefficient (Wildman–Crippen LogP) is 2.67. The van der Waals surface area contributed by atoms with Gasteiger partial charge in [-0.3, -0.25) is 10.1 Å². The van der Waals surface area contributed by atoms with Gasteiger partial charge in [0.05, 0.1) is 4.92 Å². The van der Waals surface area contributed by atoms with Gasteiger partial charge in [-0.15, -0.1) is 0 Å². The zero-order valence-electron chi connectivity index (χ0n) is 11.4. The minimum atomic E-state index is -3.30. The van der Waals surface area contributed by atoms with E-state index < -0.39 is 20.1 Å². The van der Waals surface area contributed by atoms with Gasteiger partial charge < -0.3 is 4.90 Å². The maximum atomic E-state index is 12.3. The SMILES string of the molecule is CCS(=O)(=O)C1CSCCN1c1ccc(Br)cc1[N+](=O)[O-]. The normalized spacial score (nSPS) is 19.5. The van der Waals surface area contributed by atoms with Crippen molar-refractivity contribution in [1.82, 2.24) is 0 Å². The second-order valence-corrected chi connectivity index (χ2v) is 9.08. The third-order valence-electron chi connectivity index (χ3n) is 3.35. The number of benzene rings is 1. The van der Waals surface area contributed by atoms with Crippen molar-refractivity contribution >= 4 is 48.9 Å². The summed E-state index contributed by atoms with van der Waals surface area (Å²) in [4.78, 5) is 12.4. The lowest BCUT2D eigenvalue weighted by Crippen LogP contribution is -2.48. The summed E-state index contributed by atoms with van der Waals surface area (Å²) >= 11 is 4.77. The van der Waals surface area contributed by atoms with Gasteiger partial charge in [-0.25, -0.2) is 8.42 Å². The minimum Gasteiger partial charge on any atom is -0.348 e. The molecule has 0 N–H and O–H groups in total. The first-order valence-electron chi connectivity index (χ1n) is 6.36. The van der Waals surface area contributed by atoms with E-state index >= 15 is 0 Å². The van der Waals surface area contributed by atoms with Crippen molar-refractivity contribution in [2.24, 2.45) is 0 Å².